The number of aromatic nitrogens is 2. The predicted octanol–water partition coefficient (Wildman–Crippen LogP) is 1.92. The first-order chi connectivity index (χ1) is 9.59. The van der Waals surface area contributed by atoms with Gasteiger partial charge in [0.2, 0.25) is 0 Å². The second-order valence-corrected chi connectivity index (χ2v) is 5.68. The highest BCUT2D eigenvalue weighted by Gasteiger charge is 2.22. The SMILES string of the molecule is CCOc1ccc(OCC)c(S(=O)(=O)n2ccnc2)c1. The maximum atomic E-state index is 12.5. The van der Waals surface area contributed by atoms with Gasteiger partial charge in [-0.25, -0.2) is 17.4 Å². The van der Waals surface area contributed by atoms with Crippen LogP contribution < -0.4 is 9.47 Å². The molecule has 1 aromatic carbocycles. The summed E-state index contributed by atoms with van der Waals surface area (Å²) in [6, 6.07) is 4.74. The molecule has 0 spiro atoms. The van der Waals surface area contributed by atoms with Crippen LogP contribution in [-0.2, 0) is 10.0 Å². The minimum atomic E-state index is -3.74. The van der Waals surface area contributed by atoms with E-state index in [1.54, 1.807) is 19.1 Å². The fraction of sp³-hybridized carbons (Fsp3) is 0.308. The monoisotopic (exact) mass is 296 g/mol. The van der Waals surface area contributed by atoms with Crippen LogP contribution in [0.4, 0.5) is 0 Å². The van der Waals surface area contributed by atoms with E-state index < -0.39 is 10.0 Å². The van der Waals surface area contributed by atoms with Crippen molar-refractivity contribution in [2.45, 2.75) is 18.7 Å². The van der Waals surface area contributed by atoms with Crippen LogP contribution in [-0.4, -0.2) is 30.6 Å². The molecule has 108 valence electrons. The lowest BCUT2D eigenvalue weighted by atomic mass is 10.3. The van der Waals surface area contributed by atoms with Crippen molar-refractivity contribution >= 4 is 10.0 Å². The highest BCUT2D eigenvalue weighted by Crippen LogP contribution is 2.30. The number of hydrogen-bond acceptors (Lipinski definition) is 5. The predicted molar refractivity (Wildman–Crippen MR) is 73.6 cm³/mol. The Hall–Kier alpha value is -2.02. The fourth-order valence-electron chi connectivity index (χ4n) is 1.72. The van der Waals surface area contributed by atoms with Crippen molar-refractivity contribution in [3.05, 3.63) is 36.9 Å². The molecule has 0 fully saturated rings. The lowest BCUT2D eigenvalue weighted by molar-refractivity contribution is 0.322. The zero-order valence-electron chi connectivity index (χ0n) is 11.3. The number of benzene rings is 1. The average Bonchev–Trinajstić information content (AvgIpc) is 2.95. The largest absolute Gasteiger partial charge is 0.494 e. The number of hydrogen-bond donors (Lipinski definition) is 0. The van der Waals surface area contributed by atoms with Crippen molar-refractivity contribution in [2.75, 3.05) is 13.2 Å². The highest BCUT2D eigenvalue weighted by atomic mass is 32.2. The minimum Gasteiger partial charge on any atom is -0.494 e. The summed E-state index contributed by atoms with van der Waals surface area (Å²) >= 11 is 0. The third-order valence-electron chi connectivity index (χ3n) is 2.56. The Labute approximate surface area is 118 Å². The van der Waals surface area contributed by atoms with E-state index in [1.807, 2.05) is 6.92 Å². The summed E-state index contributed by atoms with van der Waals surface area (Å²) in [6.45, 7) is 4.46. The van der Waals surface area contributed by atoms with Gasteiger partial charge in [0.1, 0.15) is 22.7 Å². The van der Waals surface area contributed by atoms with Crippen LogP contribution in [0.25, 0.3) is 0 Å². The Morgan fingerprint density at radius 2 is 1.95 bits per heavy atom. The molecule has 0 N–H and O–H groups in total. The van der Waals surface area contributed by atoms with Gasteiger partial charge in [0, 0.05) is 18.5 Å². The Kier molecular flexibility index (Phi) is 4.29. The van der Waals surface area contributed by atoms with Crippen molar-refractivity contribution < 1.29 is 17.9 Å². The molecule has 20 heavy (non-hydrogen) atoms. The molecule has 6 nitrogen and oxygen atoms in total. The number of nitrogens with zero attached hydrogens (tertiary/aromatic N) is 2. The van der Waals surface area contributed by atoms with Crippen molar-refractivity contribution in [3.8, 4) is 11.5 Å². The number of imidazole rings is 1. The zero-order chi connectivity index (χ0) is 14.6. The topological polar surface area (TPSA) is 70.4 Å². The van der Waals surface area contributed by atoms with Gasteiger partial charge in [-0.15, -0.1) is 0 Å². The molecule has 1 aromatic heterocycles. The van der Waals surface area contributed by atoms with E-state index in [4.69, 9.17) is 9.47 Å². The van der Waals surface area contributed by atoms with Gasteiger partial charge in [-0.3, -0.25) is 0 Å². The van der Waals surface area contributed by atoms with Crippen LogP contribution in [0.15, 0.2) is 41.8 Å². The van der Waals surface area contributed by atoms with Gasteiger partial charge in [-0.05, 0) is 26.0 Å². The van der Waals surface area contributed by atoms with Crippen LogP contribution in [0.5, 0.6) is 11.5 Å². The molecular weight excluding hydrogens is 280 g/mol. The van der Waals surface area contributed by atoms with Gasteiger partial charge in [-0.2, -0.15) is 0 Å². The molecule has 2 aromatic rings. The van der Waals surface area contributed by atoms with E-state index >= 15 is 0 Å². The lowest BCUT2D eigenvalue weighted by Gasteiger charge is -2.13. The maximum Gasteiger partial charge on any atom is 0.272 e. The van der Waals surface area contributed by atoms with E-state index in [0.717, 1.165) is 3.97 Å². The summed E-state index contributed by atoms with van der Waals surface area (Å²) in [4.78, 5) is 3.82. The van der Waals surface area contributed by atoms with Gasteiger partial charge < -0.3 is 9.47 Å². The quantitative estimate of drug-likeness (QED) is 0.814. The molecule has 7 heteroatoms. The second kappa shape index (κ2) is 5.96. The molecule has 0 radical (unpaired) electrons. The molecule has 0 aliphatic heterocycles. The Morgan fingerprint density at radius 1 is 1.20 bits per heavy atom. The molecule has 2 rings (SSSR count). The van der Waals surface area contributed by atoms with Gasteiger partial charge in [0.15, 0.2) is 0 Å². The van der Waals surface area contributed by atoms with E-state index in [0.29, 0.717) is 24.7 Å². The van der Waals surface area contributed by atoms with Crippen LogP contribution >= 0.6 is 0 Å². The van der Waals surface area contributed by atoms with Gasteiger partial charge >= 0.3 is 0 Å². The van der Waals surface area contributed by atoms with Crippen LogP contribution in [0.3, 0.4) is 0 Å². The summed E-state index contributed by atoms with van der Waals surface area (Å²) in [6.07, 6.45) is 4.01. The van der Waals surface area contributed by atoms with E-state index in [2.05, 4.69) is 4.98 Å². The molecule has 0 amide bonds. The molecular formula is C13H16N2O4S. The molecule has 0 bridgehead atoms. The van der Waals surface area contributed by atoms with Crippen LogP contribution in [0.2, 0.25) is 0 Å². The van der Waals surface area contributed by atoms with Gasteiger partial charge in [-0.1, -0.05) is 0 Å². The fourth-order valence-corrected chi connectivity index (χ4v) is 2.99. The highest BCUT2D eigenvalue weighted by molar-refractivity contribution is 7.90. The maximum absolute atomic E-state index is 12.5. The first kappa shape index (κ1) is 14.4. The minimum absolute atomic E-state index is 0.0586. The third kappa shape index (κ3) is 2.77. The number of rotatable bonds is 6. The summed E-state index contributed by atoms with van der Waals surface area (Å²) in [5.41, 5.74) is 0. The van der Waals surface area contributed by atoms with Crippen LogP contribution in [0.1, 0.15) is 13.8 Å². The normalized spacial score (nSPS) is 11.3. The first-order valence-electron chi connectivity index (χ1n) is 6.22. The Balaban J connectivity index is 2.55. The standard InChI is InChI=1S/C13H16N2O4S/c1-3-18-11-5-6-12(19-4-2)13(9-11)20(16,17)15-8-7-14-10-15/h5-10H,3-4H2,1-2H3. The van der Waals surface area contributed by atoms with Crippen molar-refractivity contribution in [2.24, 2.45) is 0 Å². The van der Waals surface area contributed by atoms with E-state index in [9.17, 15) is 8.42 Å². The molecule has 0 saturated carbocycles. The molecule has 0 unspecified atom stereocenters. The van der Waals surface area contributed by atoms with Crippen molar-refractivity contribution in [1.29, 1.82) is 0 Å². The van der Waals surface area contributed by atoms with E-state index in [-0.39, 0.29) is 4.90 Å². The smallest absolute Gasteiger partial charge is 0.272 e. The molecule has 0 aliphatic carbocycles. The molecule has 0 aliphatic rings. The van der Waals surface area contributed by atoms with E-state index in [1.165, 1.54) is 24.8 Å². The average molecular weight is 296 g/mol. The number of ether oxygens (including phenoxy) is 2. The van der Waals surface area contributed by atoms with Gasteiger partial charge in [0.05, 0.1) is 13.2 Å². The summed E-state index contributed by atoms with van der Waals surface area (Å²) in [7, 11) is -3.74. The Bertz CT molecular complexity index is 666. The molecule has 0 saturated heterocycles. The third-order valence-corrected chi connectivity index (χ3v) is 4.21. The van der Waals surface area contributed by atoms with Gasteiger partial charge in [0.25, 0.3) is 10.0 Å². The summed E-state index contributed by atoms with van der Waals surface area (Å²) < 4.78 is 36.8. The van der Waals surface area contributed by atoms with Crippen LogP contribution in [0, 0.1) is 0 Å². The first-order valence-corrected chi connectivity index (χ1v) is 7.66. The van der Waals surface area contributed by atoms with Crippen molar-refractivity contribution in [1.82, 2.24) is 8.96 Å². The molecule has 0 atom stereocenters. The summed E-state index contributed by atoms with van der Waals surface area (Å²) in [5, 5.41) is 0. The Morgan fingerprint density at radius 3 is 2.55 bits per heavy atom. The summed E-state index contributed by atoms with van der Waals surface area (Å²) in [5.74, 6) is 0.777. The van der Waals surface area contributed by atoms with Crippen molar-refractivity contribution in [3.63, 3.8) is 0 Å². The zero-order valence-corrected chi connectivity index (χ0v) is 12.1. The lowest BCUT2D eigenvalue weighted by Crippen LogP contribution is -2.13. The second-order valence-electron chi connectivity index (χ2n) is 3.87. The molecule has 1 heterocycles.